The molecule has 0 amide bonds. The predicted molar refractivity (Wildman–Crippen MR) is 67.6 cm³/mol. The van der Waals surface area contributed by atoms with Gasteiger partial charge in [0, 0.05) is 6.42 Å². The number of rotatable bonds is 0. The van der Waals surface area contributed by atoms with E-state index in [2.05, 4.69) is 17.1 Å². The Balaban J connectivity index is 2.05. The van der Waals surface area contributed by atoms with Gasteiger partial charge in [0.05, 0.1) is 24.2 Å². The average Bonchev–Trinajstić information content (AvgIpc) is 2.63. The second-order valence-corrected chi connectivity index (χ2v) is 6.08. The number of hydrogen-bond donors (Lipinski definition) is 1. The topological polar surface area (TPSA) is 102 Å². The van der Waals surface area contributed by atoms with Crippen LogP contribution in [0.4, 0.5) is 0 Å². The van der Waals surface area contributed by atoms with Crippen molar-refractivity contribution in [3.63, 3.8) is 0 Å². The van der Waals surface area contributed by atoms with Crippen LogP contribution in [-0.4, -0.2) is 23.6 Å². The second kappa shape index (κ2) is 3.21. The first kappa shape index (κ1) is 11.9. The minimum Gasteiger partial charge on any atom is -0.447 e. The largest absolute Gasteiger partial charge is 0.447 e. The number of amidine groups is 1. The van der Waals surface area contributed by atoms with Crippen molar-refractivity contribution in [3.05, 3.63) is 0 Å². The van der Waals surface area contributed by atoms with Gasteiger partial charge in [-0.1, -0.05) is 6.42 Å². The van der Waals surface area contributed by atoms with Crippen LogP contribution in [0.5, 0.6) is 0 Å². The number of nitrogens with zero attached hydrogens (tertiary/aromatic N) is 3. The Labute approximate surface area is 116 Å². The van der Waals surface area contributed by atoms with E-state index in [1.54, 1.807) is 6.92 Å². The summed E-state index contributed by atoms with van der Waals surface area (Å²) in [6.45, 7) is 1.79. The van der Waals surface area contributed by atoms with Crippen molar-refractivity contribution in [1.82, 2.24) is 0 Å². The zero-order chi connectivity index (χ0) is 14.2. The highest BCUT2D eigenvalue weighted by molar-refractivity contribution is 6.12. The zero-order valence-corrected chi connectivity index (χ0v) is 11.1. The lowest BCUT2D eigenvalue weighted by molar-refractivity contribution is -0.348. The molecule has 4 fully saturated rings. The Bertz CT molecular complexity index is 645. The van der Waals surface area contributed by atoms with E-state index in [9.17, 15) is 10.5 Å². The van der Waals surface area contributed by atoms with Crippen LogP contribution in [0.15, 0.2) is 4.99 Å². The Morgan fingerprint density at radius 2 is 2.05 bits per heavy atom. The molecule has 0 aromatic heterocycles. The molecule has 5 rings (SSSR count). The van der Waals surface area contributed by atoms with Gasteiger partial charge >= 0.3 is 0 Å². The number of nitriles is 2. The molecule has 1 spiro atoms. The zero-order valence-electron chi connectivity index (χ0n) is 11.1. The van der Waals surface area contributed by atoms with Gasteiger partial charge in [0.15, 0.2) is 10.8 Å². The van der Waals surface area contributed by atoms with Crippen LogP contribution in [0.1, 0.15) is 32.6 Å². The molecule has 4 aliphatic heterocycles. The third-order valence-corrected chi connectivity index (χ3v) is 5.48. The Hall–Kier alpha value is -1.92. The first-order chi connectivity index (χ1) is 9.57. The molecule has 3 saturated heterocycles. The van der Waals surface area contributed by atoms with Crippen LogP contribution in [-0.2, 0) is 9.47 Å². The van der Waals surface area contributed by atoms with Gasteiger partial charge in [0.1, 0.15) is 5.84 Å². The van der Waals surface area contributed by atoms with Crippen molar-refractivity contribution in [2.45, 2.75) is 44.5 Å². The van der Waals surface area contributed by atoms with Gasteiger partial charge in [-0.3, -0.25) is 5.41 Å². The van der Waals surface area contributed by atoms with Crippen LogP contribution >= 0.6 is 0 Å². The van der Waals surface area contributed by atoms with E-state index < -0.39 is 22.7 Å². The molecule has 102 valence electrons. The number of fused-ring (bicyclic) bond motifs is 1. The van der Waals surface area contributed by atoms with Crippen LogP contribution in [0.3, 0.4) is 0 Å². The van der Waals surface area contributed by atoms with Crippen molar-refractivity contribution in [1.29, 1.82) is 15.9 Å². The quantitative estimate of drug-likeness (QED) is 0.724. The average molecular weight is 270 g/mol. The lowest BCUT2D eigenvalue weighted by atomic mass is 9.49. The van der Waals surface area contributed by atoms with E-state index in [1.807, 2.05) is 0 Å². The number of hydrogen-bond acceptors (Lipinski definition) is 5. The summed E-state index contributed by atoms with van der Waals surface area (Å²) in [4.78, 5) is 4.14. The summed E-state index contributed by atoms with van der Waals surface area (Å²) in [5.41, 5.74) is -2.48. The molecule has 5 unspecified atom stereocenters. The summed E-state index contributed by atoms with van der Waals surface area (Å²) in [7, 11) is 0. The minimum absolute atomic E-state index is 0.0273. The normalized spacial score (nSPS) is 51.5. The predicted octanol–water partition coefficient (Wildman–Crippen LogP) is 1.73. The van der Waals surface area contributed by atoms with Crippen molar-refractivity contribution in [2.24, 2.45) is 21.7 Å². The van der Waals surface area contributed by atoms with E-state index in [0.717, 1.165) is 19.3 Å². The second-order valence-electron chi connectivity index (χ2n) is 6.08. The maximum atomic E-state index is 9.88. The van der Waals surface area contributed by atoms with E-state index in [0.29, 0.717) is 6.42 Å². The smallest absolute Gasteiger partial charge is 0.218 e. The molecule has 0 aromatic rings. The Morgan fingerprint density at radius 3 is 2.75 bits per heavy atom. The fraction of sp³-hybridized carbons (Fsp3) is 0.714. The number of nitrogens with one attached hydrogen (secondary N) is 1. The highest BCUT2D eigenvalue weighted by Gasteiger charge is 2.82. The minimum atomic E-state index is -1.26. The fourth-order valence-electron chi connectivity index (χ4n) is 4.62. The van der Waals surface area contributed by atoms with Crippen LogP contribution < -0.4 is 0 Å². The van der Waals surface area contributed by atoms with E-state index in [-0.39, 0.29) is 17.7 Å². The monoisotopic (exact) mass is 270 g/mol. The summed E-state index contributed by atoms with van der Waals surface area (Å²) >= 11 is 0. The Morgan fingerprint density at radius 1 is 1.30 bits per heavy atom. The molecular weight excluding hydrogens is 256 g/mol. The van der Waals surface area contributed by atoms with Crippen LogP contribution in [0, 0.1) is 44.8 Å². The molecular formula is C14H14N4O2. The number of aliphatic imine (C=N–C) groups is 1. The van der Waals surface area contributed by atoms with Crippen molar-refractivity contribution in [2.75, 3.05) is 0 Å². The molecule has 0 radical (unpaired) electrons. The summed E-state index contributed by atoms with van der Waals surface area (Å²) in [6, 6.07) is 4.51. The molecule has 6 nitrogen and oxygen atoms in total. The lowest BCUT2D eigenvalue weighted by Gasteiger charge is -2.62. The number of ether oxygens (including phenoxy) is 2. The van der Waals surface area contributed by atoms with Gasteiger partial charge in [-0.05, 0) is 19.8 Å². The van der Waals surface area contributed by atoms with E-state index in [4.69, 9.17) is 14.9 Å². The SMILES string of the molecule is CC1OC23CCCCC2C2(C#N)C(=N)N=C(O3)C12C#N. The molecule has 20 heavy (non-hydrogen) atoms. The van der Waals surface area contributed by atoms with Crippen molar-refractivity contribution < 1.29 is 9.47 Å². The summed E-state index contributed by atoms with van der Waals surface area (Å²) < 4.78 is 12.0. The van der Waals surface area contributed by atoms with Crippen LogP contribution in [0.2, 0.25) is 0 Å². The summed E-state index contributed by atoms with van der Waals surface area (Å²) in [6.07, 6.45) is 2.86. The molecule has 1 aliphatic carbocycles. The summed E-state index contributed by atoms with van der Waals surface area (Å²) in [5.74, 6) is -0.954. The van der Waals surface area contributed by atoms with Crippen LogP contribution in [0.25, 0.3) is 0 Å². The molecule has 1 N–H and O–H groups in total. The highest BCUT2D eigenvalue weighted by atomic mass is 16.7. The van der Waals surface area contributed by atoms with Crippen molar-refractivity contribution in [3.8, 4) is 12.1 Å². The third kappa shape index (κ3) is 0.863. The molecule has 4 heterocycles. The fourth-order valence-corrected chi connectivity index (χ4v) is 4.62. The molecule has 6 heteroatoms. The van der Waals surface area contributed by atoms with Crippen molar-refractivity contribution >= 4 is 11.7 Å². The van der Waals surface area contributed by atoms with Gasteiger partial charge in [0.2, 0.25) is 11.7 Å². The molecule has 4 bridgehead atoms. The molecule has 0 aromatic carbocycles. The van der Waals surface area contributed by atoms with Gasteiger partial charge in [0.25, 0.3) is 0 Å². The first-order valence-corrected chi connectivity index (χ1v) is 6.95. The van der Waals surface area contributed by atoms with Gasteiger partial charge < -0.3 is 9.47 Å². The molecule has 5 atom stereocenters. The van der Waals surface area contributed by atoms with Gasteiger partial charge in [-0.15, -0.1) is 0 Å². The molecule has 1 saturated carbocycles. The van der Waals surface area contributed by atoms with Gasteiger partial charge in [-0.2, -0.15) is 15.5 Å². The van der Waals surface area contributed by atoms with E-state index in [1.165, 1.54) is 0 Å². The Kier molecular flexibility index (Phi) is 1.91. The van der Waals surface area contributed by atoms with E-state index >= 15 is 0 Å². The standard InChI is InChI=1S/C14H14N4O2/c1-8-12(6-15)11-18-10(17)13(12,7-16)9-4-2-3-5-14(9,19-8)20-11/h8-9,17H,2-5H2,1H3. The maximum Gasteiger partial charge on any atom is 0.218 e. The first-order valence-electron chi connectivity index (χ1n) is 6.95. The maximum absolute atomic E-state index is 9.88. The lowest BCUT2D eigenvalue weighted by Crippen LogP contribution is -2.74. The van der Waals surface area contributed by atoms with Gasteiger partial charge in [-0.25, -0.2) is 0 Å². The molecule has 5 aliphatic rings. The summed E-state index contributed by atoms with van der Waals surface area (Å²) in [5, 5.41) is 27.9. The highest BCUT2D eigenvalue weighted by Crippen LogP contribution is 2.68. The third-order valence-electron chi connectivity index (χ3n) is 5.48.